The molecular weight excluding hydrogens is 540 g/mol. The van der Waals surface area contributed by atoms with Gasteiger partial charge in [-0.25, -0.2) is 14.4 Å². The normalized spacial score (nSPS) is 14.3. The molecule has 0 spiro atoms. The van der Waals surface area contributed by atoms with Crippen molar-refractivity contribution in [3.8, 4) is 11.1 Å². The number of hydrogen-bond acceptors (Lipinski definition) is 0. The van der Waals surface area contributed by atoms with Crippen molar-refractivity contribution in [3.05, 3.63) is 89.0 Å². The summed E-state index contributed by atoms with van der Waals surface area (Å²) in [6, 6.07) is 15.8. The molecule has 0 amide bonds. The Bertz CT molecular complexity index is 1110. The predicted octanol–water partition coefficient (Wildman–Crippen LogP) is 8.85. The third-order valence-electron chi connectivity index (χ3n) is 5.15. The van der Waals surface area contributed by atoms with E-state index in [2.05, 4.69) is 46.9 Å². The fourth-order valence-corrected chi connectivity index (χ4v) is 3.23. The second-order valence-corrected chi connectivity index (χ2v) is 17.1. The van der Waals surface area contributed by atoms with Gasteiger partial charge >= 0.3 is 41.9 Å². The SMILES string of the molecule is CC1=[C-]C(C)C(C)=C1C.C[Si](C)=[Zr+2].Cl.Cl.Fc1ccc(-c2c[cH-]c3ccccc23)cc1F. The number of allylic oxidation sites excluding steroid dienone is 4. The average Bonchev–Trinajstić information content (AvgIpc) is 3.21. The van der Waals surface area contributed by atoms with E-state index < -0.39 is 11.6 Å². The first-order chi connectivity index (χ1) is 14.1. The van der Waals surface area contributed by atoms with Gasteiger partial charge in [-0.15, -0.1) is 78.4 Å². The molecule has 3 aromatic carbocycles. The van der Waals surface area contributed by atoms with Crippen LogP contribution in [0.4, 0.5) is 8.78 Å². The van der Waals surface area contributed by atoms with E-state index in [1.54, 1.807) is 29.4 Å². The first-order valence-electron chi connectivity index (χ1n) is 10.0. The molecule has 0 aliphatic heterocycles. The minimum absolute atomic E-state index is 0. The van der Waals surface area contributed by atoms with Crippen molar-refractivity contribution in [2.24, 2.45) is 5.92 Å². The van der Waals surface area contributed by atoms with E-state index in [1.807, 2.05) is 36.4 Å². The smallest absolute Gasteiger partial charge is 0.158 e. The van der Waals surface area contributed by atoms with Crippen LogP contribution in [0, 0.1) is 23.6 Å². The van der Waals surface area contributed by atoms with Gasteiger partial charge in [0.1, 0.15) is 0 Å². The Labute approximate surface area is 218 Å². The van der Waals surface area contributed by atoms with E-state index >= 15 is 0 Å². The Balaban J connectivity index is 0.000000547. The molecule has 0 bridgehead atoms. The van der Waals surface area contributed by atoms with Gasteiger partial charge in [-0.3, -0.25) is 6.08 Å². The summed E-state index contributed by atoms with van der Waals surface area (Å²) in [5.41, 5.74) is 6.08. The molecule has 0 fully saturated rings. The van der Waals surface area contributed by atoms with Crippen LogP contribution < -0.4 is 0 Å². The largest absolute Gasteiger partial charge is 0.204 e. The molecular formula is C26H30Cl2F2SiZr. The summed E-state index contributed by atoms with van der Waals surface area (Å²) in [6.45, 7) is 13.3. The van der Waals surface area contributed by atoms with E-state index in [0.717, 1.165) is 22.4 Å². The van der Waals surface area contributed by atoms with E-state index in [0.29, 0.717) is 11.5 Å². The zero-order chi connectivity index (χ0) is 22.4. The fourth-order valence-electron chi connectivity index (χ4n) is 3.23. The number of fused-ring (bicyclic) bond motifs is 1. The Kier molecular flexibility index (Phi) is 13.9. The summed E-state index contributed by atoms with van der Waals surface area (Å²) >= 11 is 1.74. The van der Waals surface area contributed by atoms with Gasteiger partial charge in [0, 0.05) is 0 Å². The molecule has 6 heteroatoms. The Morgan fingerprint density at radius 3 is 2.03 bits per heavy atom. The Morgan fingerprint density at radius 1 is 0.969 bits per heavy atom. The summed E-state index contributed by atoms with van der Waals surface area (Å²) in [6.07, 6.45) is 3.36. The molecule has 0 N–H and O–H groups in total. The fraction of sp³-hybridized carbons (Fsp3) is 0.269. The minimum Gasteiger partial charge on any atom is -0.204 e. The minimum atomic E-state index is -0.815. The molecule has 0 radical (unpaired) electrons. The topological polar surface area (TPSA) is 0 Å². The summed E-state index contributed by atoms with van der Waals surface area (Å²) in [5, 5.41) is 2.16. The molecule has 1 atom stereocenters. The van der Waals surface area contributed by atoms with Crippen LogP contribution >= 0.6 is 24.8 Å². The molecule has 0 heterocycles. The van der Waals surface area contributed by atoms with Crippen LogP contribution in [0.25, 0.3) is 21.9 Å². The third kappa shape index (κ3) is 8.45. The maximum absolute atomic E-state index is 13.2. The standard InChI is InChI=1S/C15H9F2.C9H13.C2H6Si.2ClH.Zr/c16-14-8-6-11(9-15(14)17)13-7-5-10-3-1-2-4-12(10)13;1-6-5-7(2)9(4)8(6)3;1-3-2;;;/h1-9H;6H,1-4H3;1-2H3;2*1H;/q2*-1;;;;+2. The van der Waals surface area contributed by atoms with Gasteiger partial charge in [0.2, 0.25) is 0 Å². The quantitative estimate of drug-likeness (QED) is 0.203. The van der Waals surface area contributed by atoms with E-state index in [9.17, 15) is 8.78 Å². The zero-order valence-corrected chi connectivity index (χ0v) is 24.4. The summed E-state index contributed by atoms with van der Waals surface area (Å²) in [7, 11) is 0. The number of hydrogen-bond donors (Lipinski definition) is 0. The van der Waals surface area contributed by atoms with Crippen molar-refractivity contribution in [1.82, 2.24) is 0 Å². The van der Waals surface area contributed by atoms with Gasteiger partial charge in [-0.1, -0.05) is 44.4 Å². The maximum atomic E-state index is 13.2. The Hall–Kier alpha value is -0.930. The van der Waals surface area contributed by atoms with Crippen LogP contribution in [0.5, 0.6) is 0 Å². The third-order valence-corrected chi connectivity index (χ3v) is 5.15. The van der Waals surface area contributed by atoms with Crippen molar-refractivity contribution in [2.45, 2.75) is 40.8 Å². The van der Waals surface area contributed by atoms with E-state index in [4.69, 9.17) is 0 Å². The molecule has 32 heavy (non-hydrogen) atoms. The van der Waals surface area contributed by atoms with Gasteiger partial charge < -0.3 is 0 Å². The molecule has 3 aromatic rings. The summed E-state index contributed by atoms with van der Waals surface area (Å²) < 4.78 is 26.1. The summed E-state index contributed by atoms with van der Waals surface area (Å²) in [5.74, 6) is -1.07. The van der Waals surface area contributed by atoms with Crippen LogP contribution in [0.15, 0.2) is 71.3 Å². The predicted molar refractivity (Wildman–Crippen MR) is 137 cm³/mol. The van der Waals surface area contributed by atoms with Gasteiger partial charge in [-0.2, -0.15) is 11.1 Å². The maximum Gasteiger partial charge on any atom is 0.158 e. The first kappa shape index (κ1) is 31.1. The van der Waals surface area contributed by atoms with Gasteiger partial charge in [0.25, 0.3) is 0 Å². The van der Waals surface area contributed by atoms with Crippen LogP contribution in [0.3, 0.4) is 0 Å². The Morgan fingerprint density at radius 2 is 1.56 bits per heavy atom. The van der Waals surface area contributed by atoms with Crippen LogP contribution in [-0.4, -0.2) is 5.43 Å². The molecule has 0 aromatic heterocycles. The second kappa shape index (κ2) is 14.4. The van der Waals surface area contributed by atoms with Crippen molar-refractivity contribution in [2.75, 3.05) is 0 Å². The molecule has 0 saturated carbocycles. The molecule has 1 unspecified atom stereocenters. The molecule has 0 saturated heterocycles. The summed E-state index contributed by atoms with van der Waals surface area (Å²) in [4.78, 5) is 0. The van der Waals surface area contributed by atoms with Gasteiger partial charge in [0.15, 0.2) is 11.6 Å². The van der Waals surface area contributed by atoms with Crippen molar-refractivity contribution in [1.29, 1.82) is 0 Å². The van der Waals surface area contributed by atoms with Crippen molar-refractivity contribution in [3.63, 3.8) is 0 Å². The average molecular weight is 571 g/mol. The number of rotatable bonds is 1. The molecule has 1 aliphatic rings. The van der Waals surface area contributed by atoms with Crippen LogP contribution in [-0.2, 0) is 23.3 Å². The number of halogens is 4. The number of benzene rings is 2. The molecule has 0 nitrogen and oxygen atoms in total. The second-order valence-electron chi connectivity index (χ2n) is 7.76. The first-order valence-corrected chi connectivity index (χ1v) is 16.2. The monoisotopic (exact) mass is 568 g/mol. The van der Waals surface area contributed by atoms with Crippen LogP contribution in [0.2, 0.25) is 13.1 Å². The molecule has 4 rings (SSSR count). The van der Waals surface area contributed by atoms with E-state index in [1.165, 1.54) is 22.8 Å². The van der Waals surface area contributed by atoms with Crippen LogP contribution in [0.1, 0.15) is 27.7 Å². The van der Waals surface area contributed by atoms with Crippen molar-refractivity contribution < 1.29 is 32.1 Å². The van der Waals surface area contributed by atoms with Crippen molar-refractivity contribution >= 4 is 41.0 Å². The molecule has 1 aliphatic carbocycles. The van der Waals surface area contributed by atoms with Gasteiger partial charge in [0.05, 0.1) is 0 Å². The van der Waals surface area contributed by atoms with E-state index in [-0.39, 0.29) is 30.2 Å². The van der Waals surface area contributed by atoms with Gasteiger partial charge in [-0.05, 0) is 12.1 Å². The zero-order valence-electron chi connectivity index (χ0n) is 19.3. The molecule has 170 valence electrons.